The predicted octanol–water partition coefficient (Wildman–Crippen LogP) is 1.56. The van der Waals surface area contributed by atoms with Crippen LogP contribution in [0.1, 0.15) is 24.2 Å². The molecule has 3 heterocycles. The molecule has 1 aromatic carbocycles. The van der Waals surface area contributed by atoms with E-state index in [9.17, 15) is 13.6 Å². The van der Waals surface area contributed by atoms with Crippen molar-refractivity contribution in [1.29, 1.82) is 0 Å². The lowest BCUT2D eigenvalue weighted by atomic mass is 10.0. The highest BCUT2D eigenvalue weighted by molar-refractivity contribution is 5.82. The fourth-order valence-corrected chi connectivity index (χ4v) is 3.62. The molecule has 2 aliphatic heterocycles. The normalized spacial score (nSPS) is 21.4. The first-order valence-corrected chi connectivity index (χ1v) is 8.45. The van der Waals surface area contributed by atoms with Crippen molar-refractivity contribution in [3.63, 3.8) is 0 Å². The van der Waals surface area contributed by atoms with Crippen molar-refractivity contribution in [2.24, 2.45) is 0 Å². The van der Waals surface area contributed by atoms with Gasteiger partial charge in [-0.25, -0.2) is 18.4 Å². The Morgan fingerprint density at radius 3 is 2.92 bits per heavy atom. The van der Waals surface area contributed by atoms with E-state index < -0.39 is 11.6 Å². The number of hydrogen-bond donors (Lipinski definition) is 0. The van der Waals surface area contributed by atoms with E-state index >= 15 is 0 Å². The van der Waals surface area contributed by atoms with Crippen molar-refractivity contribution in [3.05, 3.63) is 47.5 Å². The number of piperidine rings is 1. The molecule has 0 N–H and O–H groups in total. The molecule has 0 radical (unpaired) electrons. The van der Waals surface area contributed by atoms with E-state index in [1.54, 1.807) is 4.90 Å². The van der Waals surface area contributed by atoms with Gasteiger partial charge >= 0.3 is 0 Å². The summed E-state index contributed by atoms with van der Waals surface area (Å²) in [5.74, 6) is -0.355. The van der Waals surface area contributed by atoms with Crippen LogP contribution in [0, 0.1) is 11.6 Å². The van der Waals surface area contributed by atoms with Gasteiger partial charge in [-0.1, -0.05) is 6.07 Å². The maximum absolute atomic E-state index is 13.9. The molecule has 132 valence electrons. The highest BCUT2D eigenvalue weighted by Gasteiger charge is 2.35. The summed E-state index contributed by atoms with van der Waals surface area (Å²) in [4.78, 5) is 20.9. The number of aromatic nitrogens is 3. The van der Waals surface area contributed by atoms with Gasteiger partial charge < -0.3 is 4.90 Å². The van der Waals surface area contributed by atoms with Crippen LogP contribution in [0.15, 0.2) is 24.5 Å². The molecule has 0 aliphatic carbocycles. The van der Waals surface area contributed by atoms with Crippen LogP contribution in [0.25, 0.3) is 0 Å². The highest BCUT2D eigenvalue weighted by atomic mass is 19.1. The third kappa shape index (κ3) is 3.13. The van der Waals surface area contributed by atoms with E-state index in [1.165, 1.54) is 18.5 Å². The van der Waals surface area contributed by atoms with Crippen LogP contribution in [0.4, 0.5) is 8.78 Å². The van der Waals surface area contributed by atoms with Gasteiger partial charge in [0.05, 0.1) is 19.1 Å². The second kappa shape index (κ2) is 6.51. The standard InChI is InChI=1S/C17H19F2N5O/c18-13-4-3-12(14(19)8-13)9-23-5-1-2-15(17(23)25)22-6-7-24-16(10-22)20-11-21-24/h3-4,8,11,15H,1-2,5-7,9-10H2/t15-/m1/s1. The second-order valence-electron chi connectivity index (χ2n) is 6.52. The zero-order valence-corrected chi connectivity index (χ0v) is 13.7. The van der Waals surface area contributed by atoms with Gasteiger partial charge in [0.15, 0.2) is 0 Å². The molecule has 0 bridgehead atoms. The number of carbonyl (C=O) groups is 1. The van der Waals surface area contributed by atoms with Gasteiger partial charge in [-0.05, 0) is 18.9 Å². The first kappa shape index (κ1) is 16.1. The van der Waals surface area contributed by atoms with Gasteiger partial charge in [-0.3, -0.25) is 9.69 Å². The van der Waals surface area contributed by atoms with Crippen LogP contribution in [-0.4, -0.2) is 49.6 Å². The minimum absolute atomic E-state index is 0.00272. The molecule has 6 nitrogen and oxygen atoms in total. The largest absolute Gasteiger partial charge is 0.337 e. The minimum Gasteiger partial charge on any atom is -0.337 e. The van der Waals surface area contributed by atoms with Gasteiger partial charge in [-0.15, -0.1) is 0 Å². The zero-order chi connectivity index (χ0) is 17.4. The van der Waals surface area contributed by atoms with Crippen LogP contribution in [0.2, 0.25) is 0 Å². The van der Waals surface area contributed by atoms with E-state index in [0.717, 1.165) is 31.3 Å². The quantitative estimate of drug-likeness (QED) is 0.846. The molecular formula is C17H19F2N5O. The van der Waals surface area contributed by atoms with Crippen molar-refractivity contribution in [2.45, 2.75) is 38.5 Å². The molecule has 1 fully saturated rings. The molecule has 0 unspecified atom stereocenters. The third-order valence-electron chi connectivity index (χ3n) is 4.96. The molecule has 1 saturated heterocycles. The Hall–Kier alpha value is -2.35. The highest BCUT2D eigenvalue weighted by Crippen LogP contribution is 2.23. The number of halogens is 2. The number of rotatable bonds is 3. The Morgan fingerprint density at radius 2 is 2.08 bits per heavy atom. The average Bonchev–Trinajstić information content (AvgIpc) is 3.06. The van der Waals surface area contributed by atoms with E-state index in [2.05, 4.69) is 15.0 Å². The summed E-state index contributed by atoms with van der Waals surface area (Å²) in [5.41, 5.74) is 0.341. The Bertz CT molecular complexity index is 793. The number of fused-ring (bicyclic) bond motifs is 1. The number of amides is 1. The molecular weight excluding hydrogens is 328 g/mol. The van der Waals surface area contributed by atoms with E-state index in [4.69, 9.17) is 0 Å². The number of benzene rings is 1. The summed E-state index contributed by atoms with van der Waals surface area (Å²) in [5, 5.41) is 4.15. The van der Waals surface area contributed by atoms with Gasteiger partial charge in [0, 0.05) is 31.3 Å². The van der Waals surface area contributed by atoms with E-state index in [1.807, 2.05) is 4.68 Å². The summed E-state index contributed by atoms with van der Waals surface area (Å²) >= 11 is 0. The molecule has 8 heteroatoms. The lowest BCUT2D eigenvalue weighted by Crippen LogP contribution is -2.53. The van der Waals surface area contributed by atoms with Crippen molar-refractivity contribution in [1.82, 2.24) is 24.6 Å². The third-order valence-corrected chi connectivity index (χ3v) is 4.96. The molecule has 1 aromatic heterocycles. The predicted molar refractivity (Wildman–Crippen MR) is 85.2 cm³/mol. The summed E-state index contributed by atoms with van der Waals surface area (Å²) in [7, 11) is 0. The molecule has 25 heavy (non-hydrogen) atoms. The van der Waals surface area contributed by atoms with Crippen LogP contribution in [0.3, 0.4) is 0 Å². The van der Waals surface area contributed by atoms with Crippen molar-refractivity contribution >= 4 is 5.91 Å². The summed E-state index contributed by atoms with van der Waals surface area (Å²) in [6.07, 6.45) is 3.18. The molecule has 2 aromatic rings. The Labute approximate surface area is 144 Å². The number of nitrogens with zero attached hydrogens (tertiary/aromatic N) is 5. The zero-order valence-electron chi connectivity index (χ0n) is 13.7. The van der Waals surface area contributed by atoms with Crippen molar-refractivity contribution in [3.8, 4) is 0 Å². The summed E-state index contributed by atoms with van der Waals surface area (Å²) in [6.45, 7) is 2.81. The maximum atomic E-state index is 13.9. The fraction of sp³-hybridized carbons (Fsp3) is 0.471. The average molecular weight is 347 g/mol. The van der Waals surface area contributed by atoms with Crippen LogP contribution in [0.5, 0.6) is 0 Å². The number of hydrogen-bond acceptors (Lipinski definition) is 4. The van der Waals surface area contributed by atoms with Crippen LogP contribution < -0.4 is 0 Å². The minimum atomic E-state index is -0.610. The van der Waals surface area contributed by atoms with E-state index in [0.29, 0.717) is 25.2 Å². The van der Waals surface area contributed by atoms with Crippen molar-refractivity contribution in [2.75, 3.05) is 13.1 Å². The number of carbonyl (C=O) groups excluding carboxylic acids is 1. The number of likely N-dealkylation sites (tertiary alicyclic amines) is 1. The van der Waals surface area contributed by atoms with Crippen molar-refractivity contribution < 1.29 is 13.6 Å². The summed E-state index contributed by atoms with van der Waals surface area (Å²) in [6, 6.07) is 3.27. The van der Waals surface area contributed by atoms with Gasteiger partial charge in [0.25, 0.3) is 0 Å². The first-order valence-electron chi connectivity index (χ1n) is 8.45. The van der Waals surface area contributed by atoms with Crippen LogP contribution in [-0.2, 0) is 24.4 Å². The molecule has 1 atom stereocenters. The van der Waals surface area contributed by atoms with Gasteiger partial charge in [0.2, 0.25) is 5.91 Å². The van der Waals surface area contributed by atoms with Gasteiger partial charge in [0.1, 0.15) is 23.8 Å². The van der Waals surface area contributed by atoms with E-state index in [-0.39, 0.29) is 18.5 Å². The monoisotopic (exact) mass is 347 g/mol. The molecule has 0 saturated carbocycles. The fourth-order valence-electron chi connectivity index (χ4n) is 3.62. The smallest absolute Gasteiger partial charge is 0.240 e. The summed E-state index contributed by atoms with van der Waals surface area (Å²) < 4.78 is 28.8. The molecule has 4 rings (SSSR count). The molecule has 1 amide bonds. The maximum Gasteiger partial charge on any atom is 0.240 e. The first-order chi connectivity index (χ1) is 12.1. The SMILES string of the molecule is O=C1[C@H](N2CCn3ncnc3C2)CCCN1Cc1ccc(F)cc1F. The second-order valence-corrected chi connectivity index (χ2v) is 6.52. The lowest BCUT2D eigenvalue weighted by Gasteiger charge is -2.39. The Balaban J connectivity index is 1.48. The van der Waals surface area contributed by atoms with Crippen LogP contribution >= 0.6 is 0 Å². The topological polar surface area (TPSA) is 54.3 Å². The Kier molecular flexibility index (Phi) is 4.20. The molecule has 0 spiro atoms. The van der Waals surface area contributed by atoms with Gasteiger partial charge in [-0.2, -0.15) is 5.10 Å². The Morgan fingerprint density at radius 1 is 1.20 bits per heavy atom. The lowest BCUT2D eigenvalue weighted by molar-refractivity contribution is -0.141. The molecule has 2 aliphatic rings.